The molecule has 0 saturated heterocycles. The monoisotopic (exact) mass is 397 g/mol. The summed E-state index contributed by atoms with van der Waals surface area (Å²) in [5.74, 6) is -0.203. The minimum atomic E-state index is -0.414. The highest BCUT2D eigenvalue weighted by Crippen LogP contribution is 2.29. The minimum absolute atomic E-state index is 0.143. The van der Waals surface area contributed by atoms with Crippen molar-refractivity contribution in [1.29, 1.82) is 0 Å². The van der Waals surface area contributed by atoms with Crippen molar-refractivity contribution in [2.24, 2.45) is 0 Å². The number of hydrogen-bond donors (Lipinski definition) is 1. The van der Waals surface area contributed by atoms with Gasteiger partial charge in [-0.3, -0.25) is 4.90 Å². The first-order valence-corrected chi connectivity index (χ1v) is 9.74. The number of nitrogens with zero attached hydrogens (tertiary/aromatic N) is 3. The average molecular weight is 397 g/mol. The van der Waals surface area contributed by atoms with Crippen LogP contribution in [0.2, 0.25) is 0 Å². The Morgan fingerprint density at radius 2 is 2.00 bits per heavy atom. The molecule has 1 heterocycles. The van der Waals surface area contributed by atoms with Gasteiger partial charge in [0.05, 0.1) is 18.5 Å². The fraction of sp³-hybridized carbons (Fsp3) is 0.348. The normalized spacial score (nSPS) is 12.4. The highest BCUT2D eigenvalue weighted by Gasteiger charge is 2.18. The third-order valence-corrected chi connectivity index (χ3v) is 5.30. The number of aliphatic hydroxyl groups excluding tert-OH is 1. The Morgan fingerprint density at radius 3 is 2.66 bits per heavy atom. The maximum atomic E-state index is 14.4. The van der Waals surface area contributed by atoms with Crippen molar-refractivity contribution in [3.05, 3.63) is 65.6 Å². The Labute approximate surface area is 171 Å². The molecule has 0 aliphatic rings. The smallest absolute Gasteiger partial charge is 0.165 e. The number of aliphatic hydroxyl groups is 1. The van der Waals surface area contributed by atoms with Crippen LogP contribution in [0.3, 0.4) is 0 Å². The number of aromatic nitrogens is 2. The second-order valence-corrected chi connectivity index (χ2v) is 7.36. The van der Waals surface area contributed by atoms with Gasteiger partial charge in [-0.15, -0.1) is 0 Å². The molecule has 0 amide bonds. The molecule has 1 unspecified atom stereocenters. The molecule has 0 spiro atoms. The van der Waals surface area contributed by atoms with Gasteiger partial charge in [0.2, 0.25) is 0 Å². The molecule has 154 valence electrons. The van der Waals surface area contributed by atoms with E-state index in [1.807, 2.05) is 55.2 Å². The van der Waals surface area contributed by atoms with Gasteiger partial charge in [0.25, 0.3) is 0 Å². The van der Waals surface area contributed by atoms with Gasteiger partial charge in [0.15, 0.2) is 11.6 Å². The predicted octanol–water partition coefficient (Wildman–Crippen LogP) is 4.20. The topological polar surface area (TPSA) is 50.5 Å². The van der Waals surface area contributed by atoms with Crippen LogP contribution in [-0.2, 0) is 6.54 Å². The van der Waals surface area contributed by atoms with Crippen LogP contribution in [0.5, 0.6) is 5.75 Å². The predicted molar refractivity (Wildman–Crippen MR) is 113 cm³/mol. The van der Waals surface area contributed by atoms with Crippen LogP contribution >= 0.6 is 0 Å². The van der Waals surface area contributed by atoms with Crippen molar-refractivity contribution in [2.45, 2.75) is 32.9 Å². The average Bonchev–Trinajstić information content (AvgIpc) is 3.11. The van der Waals surface area contributed by atoms with E-state index in [0.717, 1.165) is 22.5 Å². The van der Waals surface area contributed by atoms with Gasteiger partial charge in [-0.05, 0) is 57.1 Å². The SMILES string of the molecule is COc1ccc(-c2nn(-c3ccccc3C)cc2CN(C)C(C)CCO)cc1F. The molecule has 3 rings (SSSR count). The summed E-state index contributed by atoms with van der Waals surface area (Å²) in [6.07, 6.45) is 2.69. The summed E-state index contributed by atoms with van der Waals surface area (Å²) < 4.78 is 21.3. The fourth-order valence-electron chi connectivity index (χ4n) is 3.36. The molecule has 1 aromatic heterocycles. The molecule has 0 radical (unpaired) electrons. The molecule has 3 aromatic rings. The summed E-state index contributed by atoms with van der Waals surface area (Å²) in [5.41, 5.74) is 4.52. The van der Waals surface area contributed by atoms with Crippen molar-refractivity contribution in [1.82, 2.24) is 14.7 Å². The Morgan fingerprint density at radius 1 is 1.24 bits per heavy atom. The van der Waals surface area contributed by atoms with E-state index < -0.39 is 5.82 Å². The lowest BCUT2D eigenvalue weighted by molar-refractivity contribution is 0.191. The molecule has 0 aliphatic heterocycles. The molecule has 2 aromatic carbocycles. The molecular formula is C23H28FN3O2. The third kappa shape index (κ3) is 4.66. The van der Waals surface area contributed by atoms with Gasteiger partial charge < -0.3 is 9.84 Å². The van der Waals surface area contributed by atoms with Gasteiger partial charge in [-0.2, -0.15) is 5.10 Å². The summed E-state index contributed by atoms with van der Waals surface area (Å²) in [5, 5.41) is 14.1. The molecule has 0 bridgehead atoms. The minimum Gasteiger partial charge on any atom is -0.494 e. The summed E-state index contributed by atoms with van der Waals surface area (Å²) in [6, 6.07) is 13.2. The molecule has 0 saturated carbocycles. The quantitative estimate of drug-likeness (QED) is 0.619. The van der Waals surface area contributed by atoms with Crippen molar-refractivity contribution >= 4 is 0 Å². The third-order valence-electron chi connectivity index (χ3n) is 5.30. The molecular weight excluding hydrogens is 369 g/mol. The lowest BCUT2D eigenvalue weighted by Gasteiger charge is -2.23. The zero-order valence-corrected chi connectivity index (χ0v) is 17.4. The molecule has 29 heavy (non-hydrogen) atoms. The first kappa shape index (κ1) is 21.0. The highest BCUT2D eigenvalue weighted by atomic mass is 19.1. The van der Waals surface area contributed by atoms with Gasteiger partial charge >= 0.3 is 0 Å². The van der Waals surface area contributed by atoms with Gasteiger partial charge in [0, 0.05) is 36.5 Å². The Hall–Kier alpha value is -2.70. The van der Waals surface area contributed by atoms with Gasteiger partial charge in [0.1, 0.15) is 0 Å². The number of rotatable bonds is 8. The number of ether oxygens (including phenoxy) is 1. The zero-order chi connectivity index (χ0) is 21.0. The first-order chi connectivity index (χ1) is 13.9. The van der Waals surface area contributed by atoms with Crippen LogP contribution in [-0.4, -0.2) is 46.6 Å². The van der Waals surface area contributed by atoms with Crippen LogP contribution in [0, 0.1) is 12.7 Å². The molecule has 5 nitrogen and oxygen atoms in total. The van der Waals surface area contributed by atoms with Crippen LogP contribution in [0.1, 0.15) is 24.5 Å². The lowest BCUT2D eigenvalue weighted by Crippen LogP contribution is -2.29. The van der Waals surface area contributed by atoms with Gasteiger partial charge in [-0.25, -0.2) is 9.07 Å². The first-order valence-electron chi connectivity index (χ1n) is 9.74. The molecule has 1 atom stereocenters. The van der Waals surface area contributed by atoms with Crippen molar-refractivity contribution in [3.63, 3.8) is 0 Å². The Kier molecular flexibility index (Phi) is 6.67. The number of hydrogen-bond acceptors (Lipinski definition) is 4. The standard InChI is InChI=1S/C23H28FN3O2/c1-16-7-5-6-8-21(16)27-15-19(14-26(3)17(2)11-12-28)23(25-27)18-9-10-22(29-4)20(24)13-18/h5-10,13,15,17,28H,11-12,14H2,1-4H3. The number of methoxy groups -OCH3 is 1. The number of benzene rings is 2. The molecule has 1 N–H and O–H groups in total. The van der Waals surface area contributed by atoms with Gasteiger partial charge in [-0.1, -0.05) is 18.2 Å². The van der Waals surface area contributed by atoms with Crippen LogP contribution in [0.25, 0.3) is 16.9 Å². The molecule has 6 heteroatoms. The number of halogens is 1. The largest absolute Gasteiger partial charge is 0.494 e. The molecule has 0 fully saturated rings. The maximum Gasteiger partial charge on any atom is 0.165 e. The summed E-state index contributed by atoms with van der Waals surface area (Å²) in [4.78, 5) is 2.17. The Balaban J connectivity index is 2.05. The number of aryl methyl sites for hydroxylation is 1. The van der Waals surface area contributed by atoms with E-state index in [9.17, 15) is 9.50 Å². The van der Waals surface area contributed by atoms with E-state index in [2.05, 4.69) is 11.8 Å². The second kappa shape index (κ2) is 9.20. The van der Waals surface area contributed by atoms with Crippen LogP contribution in [0.4, 0.5) is 4.39 Å². The maximum absolute atomic E-state index is 14.4. The summed E-state index contributed by atoms with van der Waals surface area (Å²) in [7, 11) is 3.47. The number of para-hydroxylation sites is 1. The van der Waals surface area contributed by atoms with E-state index >= 15 is 0 Å². The Bertz CT molecular complexity index is 971. The van der Waals surface area contributed by atoms with Crippen LogP contribution in [0.15, 0.2) is 48.7 Å². The van der Waals surface area contributed by atoms with Crippen LogP contribution < -0.4 is 4.74 Å². The van der Waals surface area contributed by atoms with E-state index in [1.165, 1.54) is 13.2 Å². The van der Waals surface area contributed by atoms with E-state index in [0.29, 0.717) is 18.5 Å². The summed E-state index contributed by atoms with van der Waals surface area (Å²) >= 11 is 0. The second-order valence-electron chi connectivity index (χ2n) is 7.36. The fourth-order valence-corrected chi connectivity index (χ4v) is 3.36. The zero-order valence-electron chi connectivity index (χ0n) is 17.4. The molecule has 0 aliphatic carbocycles. The van der Waals surface area contributed by atoms with E-state index in [4.69, 9.17) is 9.84 Å². The highest BCUT2D eigenvalue weighted by molar-refractivity contribution is 5.64. The lowest BCUT2D eigenvalue weighted by atomic mass is 10.1. The van der Waals surface area contributed by atoms with E-state index in [1.54, 1.807) is 6.07 Å². The van der Waals surface area contributed by atoms with E-state index in [-0.39, 0.29) is 18.4 Å². The van der Waals surface area contributed by atoms with Crippen molar-refractivity contribution in [3.8, 4) is 22.7 Å². The van der Waals surface area contributed by atoms with Crippen molar-refractivity contribution in [2.75, 3.05) is 20.8 Å². The summed E-state index contributed by atoms with van der Waals surface area (Å²) in [6.45, 7) is 4.90. The van der Waals surface area contributed by atoms with Crippen molar-refractivity contribution < 1.29 is 14.2 Å².